The lowest BCUT2D eigenvalue weighted by Crippen LogP contribution is -2.24. The van der Waals surface area contributed by atoms with E-state index in [-0.39, 0.29) is 24.8 Å². The first-order valence-electron chi connectivity index (χ1n) is 6.92. The minimum Gasteiger partial charge on any atom is -0.493 e. The lowest BCUT2D eigenvalue weighted by molar-refractivity contribution is -0.140. The number of carbonyl (C=O) groups is 2. The molecule has 0 aromatic heterocycles. The molecule has 1 N–H and O–H groups in total. The third-order valence-electron chi connectivity index (χ3n) is 2.65. The van der Waals surface area contributed by atoms with Crippen LogP contribution in [0, 0.1) is 0 Å². The molecule has 1 amide bonds. The molecule has 0 bridgehead atoms. The molecular weight excluding hydrogens is 270 g/mol. The summed E-state index contributed by atoms with van der Waals surface area (Å²) in [6.45, 7) is 2.92. The van der Waals surface area contributed by atoms with Crippen molar-refractivity contribution in [2.24, 2.45) is 0 Å². The van der Waals surface area contributed by atoms with Crippen molar-refractivity contribution < 1.29 is 19.1 Å². The summed E-state index contributed by atoms with van der Waals surface area (Å²) in [6, 6.07) is 7.51. The van der Waals surface area contributed by atoms with Crippen LogP contribution in [0.2, 0.25) is 0 Å². The fraction of sp³-hybridized carbons (Fsp3) is 0.375. The largest absolute Gasteiger partial charge is 0.493 e. The highest BCUT2D eigenvalue weighted by atomic mass is 16.5. The van der Waals surface area contributed by atoms with Gasteiger partial charge in [-0.05, 0) is 18.6 Å². The molecule has 0 spiro atoms. The van der Waals surface area contributed by atoms with E-state index in [0.29, 0.717) is 6.61 Å². The zero-order chi connectivity index (χ0) is 15.5. The van der Waals surface area contributed by atoms with Crippen LogP contribution in [-0.4, -0.2) is 32.1 Å². The van der Waals surface area contributed by atoms with Crippen molar-refractivity contribution in [1.29, 1.82) is 0 Å². The van der Waals surface area contributed by atoms with Gasteiger partial charge in [-0.2, -0.15) is 0 Å². The maximum absolute atomic E-state index is 11.6. The molecule has 21 heavy (non-hydrogen) atoms. The first kappa shape index (κ1) is 16.8. The van der Waals surface area contributed by atoms with E-state index < -0.39 is 0 Å². The summed E-state index contributed by atoms with van der Waals surface area (Å²) in [5.41, 5.74) is 0.842. The average Bonchev–Trinajstić information content (AvgIpc) is 2.51. The van der Waals surface area contributed by atoms with Crippen molar-refractivity contribution in [3.8, 4) is 5.75 Å². The Morgan fingerprint density at radius 3 is 2.76 bits per heavy atom. The van der Waals surface area contributed by atoms with E-state index in [4.69, 9.17) is 4.74 Å². The zero-order valence-electron chi connectivity index (χ0n) is 12.4. The van der Waals surface area contributed by atoms with E-state index >= 15 is 0 Å². The number of esters is 1. The first-order chi connectivity index (χ1) is 10.2. The maximum atomic E-state index is 11.6. The fourth-order valence-corrected chi connectivity index (χ4v) is 1.58. The Hall–Kier alpha value is -2.30. The van der Waals surface area contributed by atoms with Crippen LogP contribution >= 0.6 is 0 Å². The number of carbonyl (C=O) groups excluding carboxylic acids is 2. The third-order valence-corrected chi connectivity index (χ3v) is 2.65. The monoisotopic (exact) mass is 291 g/mol. The SMILES string of the molecule is CCCOc1ccccc1/C=C/C(=O)NCCC(=O)OC. The van der Waals surface area contributed by atoms with Gasteiger partial charge in [-0.3, -0.25) is 9.59 Å². The Kier molecular flexibility index (Phi) is 7.64. The topological polar surface area (TPSA) is 64.6 Å². The molecule has 0 heterocycles. The molecule has 0 fully saturated rings. The molecule has 5 nitrogen and oxygen atoms in total. The highest BCUT2D eigenvalue weighted by Crippen LogP contribution is 2.19. The summed E-state index contributed by atoms with van der Waals surface area (Å²) >= 11 is 0. The van der Waals surface area contributed by atoms with Gasteiger partial charge in [0.2, 0.25) is 5.91 Å². The highest BCUT2D eigenvalue weighted by Gasteiger charge is 2.02. The molecule has 1 aromatic carbocycles. The lowest BCUT2D eigenvalue weighted by Gasteiger charge is -2.07. The van der Waals surface area contributed by atoms with Crippen LogP contribution in [0.4, 0.5) is 0 Å². The van der Waals surface area contributed by atoms with Gasteiger partial charge in [0.05, 0.1) is 20.1 Å². The van der Waals surface area contributed by atoms with Crippen molar-refractivity contribution >= 4 is 18.0 Å². The molecule has 0 aliphatic carbocycles. The second-order valence-corrected chi connectivity index (χ2v) is 4.34. The van der Waals surface area contributed by atoms with Gasteiger partial charge in [0, 0.05) is 18.2 Å². The molecule has 1 aromatic rings. The number of hydrogen-bond acceptors (Lipinski definition) is 4. The van der Waals surface area contributed by atoms with E-state index in [9.17, 15) is 9.59 Å². The van der Waals surface area contributed by atoms with Gasteiger partial charge in [-0.25, -0.2) is 0 Å². The van der Waals surface area contributed by atoms with Gasteiger partial charge in [-0.15, -0.1) is 0 Å². The number of rotatable bonds is 8. The Balaban J connectivity index is 2.51. The Bertz CT molecular complexity index is 497. The molecule has 5 heteroatoms. The molecule has 114 valence electrons. The Labute approximate surface area is 124 Å². The van der Waals surface area contributed by atoms with Crippen molar-refractivity contribution in [2.45, 2.75) is 19.8 Å². The van der Waals surface area contributed by atoms with E-state index in [1.54, 1.807) is 6.08 Å². The summed E-state index contributed by atoms with van der Waals surface area (Å²) in [7, 11) is 1.32. The maximum Gasteiger partial charge on any atom is 0.307 e. The Morgan fingerprint density at radius 2 is 2.05 bits per heavy atom. The molecule has 0 unspecified atom stereocenters. The number of benzene rings is 1. The quantitative estimate of drug-likeness (QED) is 0.589. The van der Waals surface area contributed by atoms with E-state index in [2.05, 4.69) is 10.1 Å². The lowest BCUT2D eigenvalue weighted by atomic mass is 10.2. The summed E-state index contributed by atoms with van der Waals surface area (Å²) in [5.74, 6) is 0.139. The van der Waals surface area contributed by atoms with Gasteiger partial charge in [0.15, 0.2) is 0 Å². The molecule has 0 saturated carbocycles. The minimum atomic E-state index is -0.349. The van der Waals surface area contributed by atoms with Crippen LogP contribution in [0.5, 0.6) is 5.75 Å². The molecule has 1 rings (SSSR count). The standard InChI is InChI=1S/C16H21NO4/c1-3-12-21-14-7-5-4-6-13(14)8-9-15(18)17-11-10-16(19)20-2/h4-9H,3,10-12H2,1-2H3,(H,17,18)/b9-8+. The van der Waals surface area contributed by atoms with Crippen LogP contribution in [-0.2, 0) is 14.3 Å². The predicted octanol–water partition coefficient (Wildman–Crippen LogP) is 2.17. The molecule has 0 saturated heterocycles. The fourth-order valence-electron chi connectivity index (χ4n) is 1.58. The predicted molar refractivity (Wildman–Crippen MR) is 80.9 cm³/mol. The van der Waals surface area contributed by atoms with Crippen molar-refractivity contribution in [2.75, 3.05) is 20.3 Å². The van der Waals surface area contributed by atoms with Crippen LogP contribution in [0.25, 0.3) is 6.08 Å². The van der Waals surface area contributed by atoms with Gasteiger partial charge in [-0.1, -0.05) is 25.1 Å². The summed E-state index contributed by atoms with van der Waals surface area (Å²) < 4.78 is 10.1. The van der Waals surface area contributed by atoms with Gasteiger partial charge in [0.25, 0.3) is 0 Å². The van der Waals surface area contributed by atoms with Crippen LogP contribution in [0.15, 0.2) is 30.3 Å². The van der Waals surface area contributed by atoms with Crippen molar-refractivity contribution in [3.05, 3.63) is 35.9 Å². The summed E-state index contributed by atoms with van der Waals surface area (Å²) in [5, 5.41) is 2.61. The normalized spacial score (nSPS) is 10.4. The van der Waals surface area contributed by atoms with Crippen molar-refractivity contribution in [3.63, 3.8) is 0 Å². The molecule has 0 atom stereocenters. The molecular formula is C16H21NO4. The number of hydrogen-bond donors (Lipinski definition) is 1. The minimum absolute atomic E-state index is 0.159. The van der Waals surface area contributed by atoms with Gasteiger partial charge in [0.1, 0.15) is 5.75 Å². The Morgan fingerprint density at radius 1 is 1.29 bits per heavy atom. The van der Waals surface area contributed by atoms with E-state index in [0.717, 1.165) is 17.7 Å². The second-order valence-electron chi connectivity index (χ2n) is 4.34. The van der Waals surface area contributed by atoms with Crippen LogP contribution in [0.3, 0.4) is 0 Å². The van der Waals surface area contributed by atoms with Gasteiger partial charge >= 0.3 is 5.97 Å². The first-order valence-corrected chi connectivity index (χ1v) is 6.92. The molecule has 0 aliphatic rings. The molecule has 0 radical (unpaired) electrons. The highest BCUT2D eigenvalue weighted by molar-refractivity contribution is 5.92. The van der Waals surface area contributed by atoms with Gasteiger partial charge < -0.3 is 14.8 Å². The second kappa shape index (κ2) is 9.58. The number of para-hydroxylation sites is 1. The smallest absolute Gasteiger partial charge is 0.307 e. The van der Waals surface area contributed by atoms with Crippen molar-refractivity contribution in [1.82, 2.24) is 5.32 Å². The summed E-state index contributed by atoms with van der Waals surface area (Å²) in [6.07, 6.45) is 4.20. The van der Waals surface area contributed by atoms with E-state index in [1.165, 1.54) is 13.2 Å². The third kappa shape index (κ3) is 6.61. The van der Waals surface area contributed by atoms with Crippen LogP contribution in [0.1, 0.15) is 25.3 Å². The van der Waals surface area contributed by atoms with E-state index in [1.807, 2.05) is 31.2 Å². The number of ether oxygens (including phenoxy) is 2. The average molecular weight is 291 g/mol. The van der Waals surface area contributed by atoms with Crippen LogP contribution < -0.4 is 10.1 Å². The number of amides is 1. The molecule has 0 aliphatic heterocycles. The summed E-state index contributed by atoms with van der Waals surface area (Å²) in [4.78, 5) is 22.5. The zero-order valence-corrected chi connectivity index (χ0v) is 12.4. The number of methoxy groups -OCH3 is 1. The number of nitrogens with one attached hydrogen (secondary N) is 1.